The Morgan fingerprint density at radius 3 is 2.59 bits per heavy atom. The second kappa shape index (κ2) is 13.7. The third-order valence-electron chi connectivity index (χ3n) is 7.02. The van der Waals surface area contributed by atoms with Crippen molar-refractivity contribution in [3.05, 3.63) is 47.7 Å². The van der Waals surface area contributed by atoms with Crippen molar-refractivity contribution in [3.8, 4) is 0 Å². The lowest BCUT2D eigenvalue weighted by atomic mass is 9.92. The first kappa shape index (κ1) is 31.7. The second-order valence-electron chi connectivity index (χ2n) is 11.3. The van der Waals surface area contributed by atoms with Crippen LogP contribution >= 0.6 is 0 Å². The van der Waals surface area contributed by atoms with Gasteiger partial charge in [0.15, 0.2) is 0 Å². The monoisotopic (exact) mass is 567 g/mol. The van der Waals surface area contributed by atoms with Crippen molar-refractivity contribution in [2.45, 2.75) is 72.2 Å². The number of aliphatic hydroxyl groups is 1. The van der Waals surface area contributed by atoms with Crippen LogP contribution in [0.1, 0.15) is 58.7 Å². The minimum atomic E-state index is -1.21. The maximum Gasteiger partial charge on any atom is 0.315 e. The van der Waals surface area contributed by atoms with Crippen molar-refractivity contribution in [1.82, 2.24) is 26.1 Å². The Bertz CT molecular complexity index is 1310. The Morgan fingerprint density at radius 1 is 1.20 bits per heavy atom. The predicted octanol–water partition coefficient (Wildman–Crippen LogP) is 2.08. The van der Waals surface area contributed by atoms with Crippen molar-refractivity contribution in [2.24, 2.45) is 11.3 Å². The van der Waals surface area contributed by atoms with Gasteiger partial charge in [-0.1, -0.05) is 44.2 Å². The molecule has 3 atom stereocenters. The van der Waals surface area contributed by atoms with Gasteiger partial charge < -0.3 is 20.5 Å². The van der Waals surface area contributed by atoms with Gasteiger partial charge in [0.1, 0.15) is 18.2 Å². The first-order valence-corrected chi connectivity index (χ1v) is 13.8. The van der Waals surface area contributed by atoms with Crippen LogP contribution in [0, 0.1) is 11.3 Å². The fraction of sp³-hybridized carbons (Fsp3) is 0.500. The lowest BCUT2D eigenvalue weighted by Crippen LogP contribution is -2.61. The molecule has 222 valence electrons. The van der Waals surface area contributed by atoms with Gasteiger partial charge in [-0.25, -0.2) is 5.43 Å². The van der Waals surface area contributed by atoms with E-state index in [9.17, 15) is 24.3 Å². The van der Waals surface area contributed by atoms with Gasteiger partial charge in [0.05, 0.1) is 30.3 Å². The zero-order chi connectivity index (χ0) is 30.3. The number of aliphatic hydroxyl groups excluding tert-OH is 1. The van der Waals surface area contributed by atoms with E-state index < -0.39 is 29.5 Å². The van der Waals surface area contributed by atoms with Crippen molar-refractivity contribution in [2.75, 3.05) is 13.7 Å². The van der Waals surface area contributed by atoms with Crippen molar-refractivity contribution in [3.63, 3.8) is 0 Å². The Hall–Kier alpha value is -3.83. The van der Waals surface area contributed by atoms with Gasteiger partial charge in [-0.3, -0.25) is 29.2 Å². The molecule has 0 aliphatic carbocycles. The quantitative estimate of drug-likeness (QED) is 0.319. The van der Waals surface area contributed by atoms with E-state index in [2.05, 4.69) is 21.0 Å². The average molecular weight is 568 g/mol. The molecule has 2 aromatic rings. The van der Waals surface area contributed by atoms with Gasteiger partial charge in [-0.15, -0.1) is 0 Å². The van der Waals surface area contributed by atoms with Crippen molar-refractivity contribution in [1.29, 1.82) is 0 Å². The van der Waals surface area contributed by atoms with Crippen LogP contribution in [-0.4, -0.2) is 70.6 Å². The van der Waals surface area contributed by atoms with Gasteiger partial charge in [0.25, 0.3) is 5.91 Å². The summed E-state index contributed by atoms with van der Waals surface area (Å²) in [4.78, 5) is 54.6. The molecule has 0 unspecified atom stereocenters. The number of esters is 1. The molecule has 0 saturated carbocycles. The number of nitrogens with one attached hydrogen (secondary N) is 3. The standard InChI is InChI=1S/C30H41N5O6/c1-18(2)25(36)27(38)32-19(3)28(39)35-15-7-8-23(34-35)26(37)31-17-22-12-11-21-10-9-20(16-24(21)33-22)13-14-30(4,5)29(40)41-6/h9-14,16,18-19,23,25,34,36H,7-8,15,17H2,1-6H3,(H,31,37)(H,32,38)/b14-13+/t19-,23-,25-/m0/s1. The summed E-state index contributed by atoms with van der Waals surface area (Å²) in [6, 6.07) is 8.09. The zero-order valence-electron chi connectivity index (χ0n) is 24.6. The van der Waals surface area contributed by atoms with Crippen LogP contribution in [0.5, 0.6) is 0 Å². The van der Waals surface area contributed by atoms with E-state index in [1.807, 2.05) is 36.4 Å². The van der Waals surface area contributed by atoms with Gasteiger partial charge in [0, 0.05) is 11.9 Å². The molecule has 3 amide bonds. The molecule has 2 heterocycles. The summed E-state index contributed by atoms with van der Waals surface area (Å²) in [5, 5.41) is 17.6. The molecule has 1 aromatic heterocycles. The molecule has 1 aliphatic rings. The van der Waals surface area contributed by atoms with Crippen LogP contribution < -0.4 is 16.1 Å². The number of hydrazine groups is 1. The van der Waals surface area contributed by atoms with Crippen LogP contribution in [0.2, 0.25) is 0 Å². The minimum absolute atomic E-state index is 0.204. The summed E-state index contributed by atoms with van der Waals surface area (Å²) in [6.07, 6.45) is 3.60. The molecule has 41 heavy (non-hydrogen) atoms. The molecule has 3 rings (SSSR count). The third-order valence-corrected chi connectivity index (χ3v) is 7.02. The maximum atomic E-state index is 12.9. The third kappa shape index (κ3) is 8.34. The number of pyridine rings is 1. The molecular formula is C30H41N5O6. The SMILES string of the molecule is COC(=O)C(C)(C)/C=C/c1ccc2ccc(CNC(=O)[C@@H]3CCCN(C(=O)[C@H](C)NC(=O)[C@@H](O)C(C)C)N3)nc2c1. The van der Waals surface area contributed by atoms with E-state index in [-0.39, 0.29) is 30.2 Å². The molecule has 1 aliphatic heterocycles. The molecule has 0 bridgehead atoms. The Labute approximate surface area is 240 Å². The number of rotatable bonds is 10. The predicted molar refractivity (Wildman–Crippen MR) is 155 cm³/mol. The molecule has 1 fully saturated rings. The molecule has 0 spiro atoms. The Morgan fingerprint density at radius 2 is 1.90 bits per heavy atom. The van der Waals surface area contributed by atoms with E-state index in [1.165, 1.54) is 12.1 Å². The van der Waals surface area contributed by atoms with Gasteiger partial charge in [-0.05, 0) is 57.2 Å². The zero-order valence-corrected chi connectivity index (χ0v) is 24.6. The van der Waals surface area contributed by atoms with Crippen LogP contribution in [-0.2, 0) is 30.5 Å². The fourth-order valence-corrected chi connectivity index (χ4v) is 4.35. The van der Waals surface area contributed by atoms with Crippen LogP contribution in [0.25, 0.3) is 17.0 Å². The first-order valence-electron chi connectivity index (χ1n) is 13.8. The van der Waals surface area contributed by atoms with Crippen LogP contribution in [0.4, 0.5) is 0 Å². The second-order valence-corrected chi connectivity index (χ2v) is 11.3. The smallest absolute Gasteiger partial charge is 0.315 e. The summed E-state index contributed by atoms with van der Waals surface area (Å²) in [6.45, 7) is 9.14. The number of nitrogens with zero attached hydrogens (tertiary/aromatic N) is 2. The number of aromatic nitrogens is 1. The fourth-order valence-electron chi connectivity index (χ4n) is 4.35. The number of methoxy groups -OCH3 is 1. The van der Waals surface area contributed by atoms with E-state index in [1.54, 1.807) is 40.7 Å². The average Bonchev–Trinajstić information content (AvgIpc) is 2.97. The molecule has 1 aromatic carbocycles. The normalized spacial score (nSPS) is 17.4. The molecular weight excluding hydrogens is 526 g/mol. The summed E-state index contributed by atoms with van der Waals surface area (Å²) in [7, 11) is 1.36. The van der Waals surface area contributed by atoms with Crippen LogP contribution in [0.3, 0.4) is 0 Å². The Kier molecular flexibility index (Phi) is 10.6. The molecule has 4 N–H and O–H groups in total. The van der Waals surface area contributed by atoms with E-state index >= 15 is 0 Å². The van der Waals surface area contributed by atoms with E-state index in [4.69, 9.17) is 4.74 Å². The largest absolute Gasteiger partial charge is 0.468 e. The highest BCUT2D eigenvalue weighted by Crippen LogP contribution is 2.22. The lowest BCUT2D eigenvalue weighted by Gasteiger charge is -2.34. The molecule has 11 nitrogen and oxygen atoms in total. The summed E-state index contributed by atoms with van der Waals surface area (Å²) in [5.41, 5.74) is 4.50. The van der Waals surface area contributed by atoms with Crippen molar-refractivity contribution >= 4 is 40.7 Å². The number of benzene rings is 1. The maximum absolute atomic E-state index is 12.9. The number of ether oxygens (including phenoxy) is 1. The lowest BCUT2D eigenvalue weighted by molar-refractivity contribution is -0.148. The Balaban J connectivity index is 1.59. The van der Waals surface area contributed by atoms with Gasteiger partial charge >= 0.3 is 5.97 Å². The molecule has 0 radical (unpaired) electrons. The highest BCUT2D eigenvalue weighted by atomic mass is 16.5. The van der Waals surface area contributed by atoms with Gasteiger partial charge in [0.2, 0.25) is 11.8 Å². The summed E-state index contributed by atoms with van der Waals surface area (Å²) < 4.78 is 4.85. The summed E-state index contributed by atoms with van der Waals surface area (Å²) in [5.74, 6) is -1.86. The first-order chi connectivity index (χ1) is 19.3. The van der Waals surface area contributed by atoms with E-state index in [0.717, 1.165) is 16.5 Å². The molecule has 1 saturated heterocycles. The highest BCUT2D eigenvalue weighted by Gasteiger charge is 2.31. The number of carbonyl (C=O) groups excluding carboxylic acids is 4. The number of carbonyl (C=O) groups is 4. The number of hydrogen-bond acceptors (Lipinski definition) is 8. The number of amides is 3. The topological polar surface area (TPSA) is 150 Å². The number of hydrogen-bond donors (Lipinski definition) is 4. The van der Waals surface area contributed by atoms with Gasteiger partial charge in [-0.2, -0.15) is 0 Å². The molecule has 11 heteroatoms. The van der Waals surface area contributed by atoms with Crippen LogP contribution in [0.15, 0.2) is 36.4 Å². The van der Waals surface area contributed by atoms with E-state index in [0.29, 0.717) is 25.1 Å². The van der Waals surface area contributed by atoms with Crippen molar-refractivity contribution < 1.29 is 29.0 Å². The number of fused-ring (bicyclic) bond motifs is 1. The highest BCUT2D eigenvalue weighted by molar-refractivity contribution is 5.89. The summed E-state index contributed by atoms with van der Waals surface area (Å²) >= 11 is 0. The minimum Gasteiger partial charge on any atom is -0.468 e.